The molecule has 0 bridgehead atoms. The van der Waals surface area contributed by atoms with Crippen LogP contribution in [-0.2, 0) is 6.54 Å². The summed E-state index contributed by atoms with van der Waals surface area (Å²) >= 11 is 3.49. The SMILES string of the molecule is CCN1CCN(CC(C)CNC(=NC)N(C)Cc2ccc(Br)cc2)CC1. The maximum absolute atomic E-state index is 4.44. The van der Waals surface area contributed by atoms with Gasteiger partial charge in [0.05, 0.1) is 0 Å². The van der Waals surface area contributed by atoms with Gasteiger partial charge in [-0.25, -0.2) is 0 Å². The van der Waals surface area contributed by atoms with E-state index in [9.17, 15) is 0 Å². The predicted octanol–water partition coefficient (Wildman–Crippen LogP) is 2.73. The van der Waals surface area contributed by atoms with E-state index in [-0.39, 0.29) is 0 Å². The maximum atomic E-state index is 4.44. The van der Waals surface area contributed by atoms with Crippen LogP contribution in [0, 0.1) is 5.92 Å². The van der Waals surface area contributed by atoms with Crippen LogP contribution in [0.5, 0.6) is 0 Å². The molecule has 0 saturated carbocycles. The topological polar surface area (TPSA) is 34.1 Å². The van der Waals surface area contributed by atoms with E-state index < -0.39 is 0 Å². The normalized spacial score (nSPS) is 18.0. The van der Waals surface area contributed by atoms with E-state index in [4.69, 9.17) is 0 Å². The standard InChI is InChI=1S/C20H34BrN5/c1-5-25-10-12-26(13-11-25)15-17(2)14-23-20(22-3)24(4)16-18-6-8-19(21)9-7-18/h6-9,17H,5,10-16H2,1-4H3,(H,22,23). The number of guanidine groups is 1. The molecule has 1 atom stereocenters. The molecule has 1 aromatic rings. The van der Waals surface area contributed by atoms with Crippen molar-refractivity contribution in [2.75, 3.05) is 59.9 Å². The van der Waals surface area contributed by atoms with Gasteiger partial charge in [-0.05, 0) is 30.2 Å². The number of hydrogen-bond donors (Lipinski definition) is 1. The zero-order valence-corrected chi connectivity index (χ0v) is 18.3. The van der Waals surface area contributed by atoms with Crippen molar-refractivity contribution in [3.63, 3.8) is 0 Å². The minimum absolute atomic E-state index is 0.598. The molecule has 146 valence electrons. The largest absolute Gasteiger partial charge is 0.356 e. The second-order valence-electron chi connectivity index (χ2n) is 7.25. The van der Waals surface area contributed by atoms with Gasteiger partial charge in [-0.2, -0.15) is 0 Å². The van der Waals surface area contributed by atoms with Crippen LogP contribution >= 0.6 is 15.9 Å². The minimum atomic E-state index is 0.598. The molecule has 1 aromatic carbocycles. The summed E-state index contributed by atoms with van der Waals surface area (Å²) < 4.78 is 1.11. The lowest BCUT2D eigenvalue weighted by atomic mass is 10.1. The van der Waals surface area contributed by atoms with E-state index >= 15 is 0 Å². The van der Waals surface area contributed by atoms with Crippen LogP contribution in [0.25, 0.3) is 0 Å². The van der Waals surface area contributed by atoms with Gasteiger partial charge in [0.2, 0.25) is 0 Å². The van der Waals surface area contributed by atoms with E-state index in [1.54, 1.807) is 0 Å². The summed E-state index contributed by atoms with van der Waals surface area (Å²) in [7, 11) is 3.95. The van der Waals surface area contributed by atoms with Crippen molar-refractivity contribution in [1.29, 1.82) is 0 Å². The Morgan fingerprint density at radius 3 is 2.38 bits per heavy atom. The summed E-state index contributed by atoms with van der Waals surface area (Å²) in [6.07, 6.45) is 0. The van der Waals surface area contributed by atoms with Crippen LogP contribution in [-0.4, -0.2) is 80.6 Å². The second kappa shape index (κ2) is 10.9. The van der Waals surface area contributed by atoms with E-state index in [1.807, 2.05) is 7.05 Å². The highest BCUT2D eigenvalue weighted by molar-refractivity contribution is 9.10. The Balaban J connectivity index is 1.74. The fourth-order valence-corrected chi connectivity index (χ4v) is 3.65. The highest BCUT2D eigenvalue weighted by Gasteiger charge is 2.17. The zero-order valence-electron chi connectivity index (χ0n) is 16.7. The molecule has 2 rings (SSSR count). The first-order valence-electron chi connectivity index (χ1n) is 9.62. The van der Waals surface area contributed by atoms with Crippen molar-refractivity contribution in [2.24, 2.45) is 10.9 Å². The lowest BCUT2D eigenvalue weighted by molar-refractivity contribution is 0.124. The van der Waals surface area contributed by atoms with Crippen LogP contribution < -0.4 is 5.32 Å². The molecular weight excluding hydrogens is 390 g/mol. The van der Waals surface area contributed by atoms with Crippen LogP contribution in [0.2, 0.25) is 0 Å². The Kier molecular flexibility index (Phi) is 8.88. The van der Waals surface area contributed by atoms with E-state index in [0.717, 1.165) is 30.1 Å². The van der Waals surface area contributed by atoms with Gasteiger partial charge >= 0.3 is 0 Å². The van der Waals surface area contributed by atoms with Crippen LogP contribution in [0.3, 0.4) is 0 Å². The molecule has 0 aliphatic carbocycles. The molecule has 1 saturated heterocycles. The van der Waals surface area contributed by atoms with Crippen LogP contribution in [0.1, 0.15) is 19.4 Å². The second-order valence-corrected chi connectivity index (χ2v) is 8.17. The smallest absolute Gasteiger partial charge is 0.193 e. The Labute approximate surface area is 167 Å². The molecule has 6 heteroatoms. The number of rotatable bonds is 7. The predicted molar refractivity (Wildman–Crippen MR) is 115 cm³/mol. The molecule has 26 heavy (non-hydrogen) atoms. The molecule has 1 unspecified atom stereocenters. The Bertz CT molecular complexity index is 552. The van der Waals surface area contributed by atoms with E-state index in [0.29, 0.717) is 5.92 Å². The Hall–Kier alpha value is -1.11. The molecule has 1 N–H and O–H groups in total. The number of piperazine rings is 1. The van der Waals surface area contributed by atoms with Crippen molar-refractivity contribution in [3.8, 4) is 0 Å². The number of aliphatic imine (C=N–C) groups is 1. The average molecular weight is 424 g/mol. The Morgan fingerprint density at radius 2 is 1.81 bits per heavy atom. The summed E-state index contributed by atoms with van der Waals surface area (Å²) in [5.41, 5.74) is 1.28. The number of halogens is 1. The van der Waals surface area contributed by atoms with Crippen molar-refractivity contribution in [1.82, 2.24) is 20.0 Å². The lowest BCUT2D eigenvalue weighted by Gasteiger charge is -2.35. The van der Waals surface area contributed by atoms with Crippen molar-refractivity contribution < 1.29 is 0 Å². The molecule has 5 nitrogen and oxygen atoms in total. The fraction of sp³-hybridized carbons (Fsp3) is 0.650. The van der Waals surface area contributed by atoms with Gasteiger partial charge in [0, 0.05) is 64.4 Å². The molecule has 0 amide bonds. The van der Waals surface area contributed by atoms with Gasteiger partial charge in [-0.3, -0.25) is 4.99 Å². The summed E-state index contributed by atoms with van der Waals surface area (Å²) in [5.74, 6) is 1.55. The third-order valence-electron chi connectivity index (χ3n) is 5.00. The molecule has 1 heterocycles. The van der Waals surface area contributed by atoms with E-state index in [2.05, 4.69) is 86.1 Å². The summed E-state index contributed by atoms with van der Waals surface area (Å²) in [4.78, 5) is 11.7. The average Bonchev–Trinajstić information content (AvgIpc) is 2.64. The van der Waals surface area contributed by atoms with Gasteiger partial charge in [0.15, 0.2) is 5.96 Å². The molecular formula is C20H34BrN5. The molecule has 0 spiro atoms. The minimum Gasteiger partial charge on any atom is -0.356 e. The maximum Gasteiger partial charge on any atom is 0.193 e. The first-order valence-corrected chi connectivity index (χ1v) is 10.4. The number of nitrogens with one attached hydrogen (secondary N) is 1. The fourth-order valence-electron chi connectivity index (χ4n) is 3.38. The van der Waals surface area contributed by atoms with Crippen molar-refractivity contribution in [3.05, 3.63) is 34.3 Å². The number of benzene rings is 1. The van der Waals surface area contributed by atoms with Gasteiger partial charge < -0.3 is 20.0 Å². The van der Waals surface area contributed by atoms with Crippen molar-refractivity contribution in [2.45, 2.75) is 20.4 Å². The first-order chi connectivity index (χ1) is 12.5. The Morgan fingerprint density at radius 1 is 1.19 bits per heavy atom. The zero-order chi connectivity index (χ0) is 18.9. The lowest BCUT2D eigenvalue weighted by Crippen LogP contribution is -2.48. The summed E-state index contributed by atoms with van der Waals surface area (Å²) in [6.45, 7) is 13.5. The number of likely N-dealkylation sites (N-methyl/N-ethyl adjacent to an activating group) is 1. The molecule has 0 aromatic heterocycles. The van der Waals surface area contributed by atoms with Gasteiger partial charge in [-0.1, -0.05) is 41.9 Å². The molecule has 0 radical (unpaired) electrons. The van der Waals surface area contributed by atoms with E-state index in [1.165, 1.54) is 38.3 Å². The summed E-state index contributed by atoms with van der Waals surface area (Å²) in [6, 6.07) is 8.46. The first kappa shape index (κ1) is 21.2. The number of hydrogen-bond acceptors (Lipinski definition) is 3. The molecule has 1 aliphatic rings. The monoisotopic (exact) mass is 423 g/mol. The van der Waals surface area contributed by atoms with Gasteiger partial charge in [0.25, 0.3) is 0 Å². The number of nitrogens with zero attached hydrogens (tertiary/aromatic N) is 4. The quantitative estimate of drug-likeness (QED) is 0.539. The highest BCUT2D eigenvalue weighted by Crippen LogP contribution is 2.12. The van der Waals surface area contributed by atoms with Crippen LogP contribution in [0.4, 0.5) is 0 Å². The molecule has 1 fully saturated rings. The third-order valence-corrected chi connectivity index (χ3v) is 5.53. The highest BCUT2D eigenvalue weighted by atomic mass is 79.9. The molecule has 1 aliphatic heterocycles. The van der Waals surface area contributed by atoms with Gasteiger partial charge in [-0.15, -0.1) is 0 Å². The van der Waals surface area contributed by atoms with Crippen LogP contribution in [0.15, 0.2) is 33.7 Å². The van der Waals surface area contributed by atoms with Crippen molar-refractivity contribution >= 4 is 21.9 Å². The van der Waals surface area contributed by atoms with Gasteiger partial charge in [0.1, 0.15) is 0 Å². The third kappa shape index (κ3) is 6.89. The summed E-state index contributed by atoms with van der Waals surface area (Å²) in [5, 5.41) is 3.54.